The van der Waals surface area contributed by atoms with Gasteiger partial charge in [-0.2, -0.15) is 0 Å². The zero-order valence-corrected chi connectivity index (χ0v) is 38.7. The quantitative estimate of drug-likeness (QED) is 0.0264. The molecule has 6 heteroatoms. The Bertz CT molecular complexity index is 1230. The molecule has 0 aromatic heterocycles. The Morgan fingerprint density at radius 2 is 0.683 bits per heavy atom. The summed E-state index contributed by atoms with van der Waals surface area (Å²) in [5.74, 6) is -1.02. The maximum Gasteiger partial charge on any atom is 0.306 e. The summed E-state index contributed by atoms with van der Waals surface area (Å²) in [7, 11) is 0. The second-order valence-electron chi connectivity index (χ2n) is 15.6. The van der Waals surface area contributed by atoms with Crippen LogP contribution in [0.5, 0.6) is 0 Å². The Labute approximate surface area is 368 Å². The molecule has 0 N–H and O–H groups in total. The van der Waals surface area contributed by atoms with Gasteiger partial charge in [0, 0.05) is 19.3 Å². The lowest BCUT2D eigenvalue weighted by molar-refractivity contribution is -0.166. The fourth-order valence-corrected chi connectivity index (χ4v) is 6.27. The third-order valence-electron chi connectivity index (χ3n) is 9.85. The second kappa shape index (κ2) is 48.0. The highest BCUT2D eigenvalue weighted by molar-refractivity contribution is 5.71. The van der Waals surface area contributed by atoms with E-state index in [0.29, 0.717) is 19.3 Å². The van der Waals surface area contributed by atoms with Crippen molar-refractivity contribution >= 4 is 17.9 Å². The molecular weight excluding hydrogens is 745 g/mol. The van der Waals surface area contributed by atoms with Crippen molar-refractivity contribution in [3.05, 3.63) is 97.2 Å². The van der Waals surface area contributed by atoms with E-state index in [1.807, 2.05) is 12.2 Å². The standard InChI is InChI=1S/C54H88O6/c1-4-7-10-13-16-19-22-24-25-26-27-28-29-31-32-35-38-41-44-47-53(56)59-50-51(49-58-52(55)46-43-40-37-34-21-18-15-12-9-6-3)60-54(57)48-45-42-39-36-33-30-23-20-17-14-11-8-5-2/h7-8,10-11,16-17,19-20,24-25,27-28,30,33,39,42,51H,4-6,9,12-15,18,21-23,26,29,31-32,34-38,40-41,43-50H2,1-3H3/b10-7-,11-8-,19-16-,20-17-,25-24-,28-27-,33-30-,42-39-. The lowest BCUT2D eigenvalue weighted by Gasteiger charge is -2.18. The van der Waals surface area contributed by atoms with Crippen LogP contribution >= 0.6 is 0 Å². The minimum absolute atomic E-state index is 0.111. The molecule has 0 saturated heterocycles. The molecule has 0 aliphatic heterocycles. The van der Waals surface area contributed by atoms with Crippen LogP contribution < -0.4 is 0 Å². The number of hydrogen-bond donors (Lipinski definition) is 0. The lowest BCUT2D eigenvalue weighted by atomic mass is 10.1. The van der Waals surface area contributed by atoms with Gasteiger partial charge in [0.2, 0.25) is 0 Å². The highest BCUT2D eigenvalue weighted by atomic mass is 16.6. The molecule has 1 unspecified atom stereocenters. The molecule has 60 heavy (non-hydrogen) atoms. The van der Waals surface area contributed by atoms with Gasteiger partial charge in [0.15, 0.2) is 6.10 Å². The fourth-order valence-electron chi connectivity index (χ4n) is 6.27. The van der Waals surface area contributed by atoms with Crippen LogP contribution in [-0.2, 0) is 28.6 Å². The van der Waals surface area contributed by atoms with Gasteiger partial charge >= 0.3 is 17.9 Å². The molecule has 0 aliphatic carbocycles. The first-order valence-corrected chi connectivity index (χ1v) is 24.2. The monoisotopic (exact) mass is 833 g/mol. The van der Waals surface area contributed by atoms with E-state index in [-0.39, 0.29) is 31.6 Å². The molecule has 0 saturated carbocycles. The van der Waals surface area contributed by atoms with Gasteiger partial charge in [0.05, 0.1) is 0 Å². The average molecular weight is 833 g/mol. The smallest absolute Gasteiger partial charge is 0.306 e. The molecule has 0 spiro atoms. The van der Waals surface area contributed by atoms with Crippen LogP contribution in [0.1, 0.15) is 207 Å². The Kier molecular flexibility index (Phi) is 45.1. The summed E-state index contributed by atoms with van der Waals surface area (Å²) in [5.41, 5.74) is 0. The van der Waals surface area contributed by atoms with E-state index in [1.54, 1.807) is 0 Å². The summed E-state index contributed by atoms with van der Waals surface area (Å²) in [6.45, 7) is 6.30. The summed E-state index contributed by atoms with van der Waals surface area (Å²) in [6.07, 6.45) is 62.6. The summed E-state index contributed by atoms with van der Waals surface area (Å²) in [4.78, 5) is 37.8. The molecule has 340 valence electrons. The van der Waals surface area contributed by atoms with E-state index in [9.17, 15) is 14.4 Å². The maximum absolute atomic E-state index is 12.7. The first-order chi connectivity index (χ1) is 29.5. The highest BCUT2D eigenvalue weighted by Crippen LogP contribution is 2.13. The van der Waals surface area contributed by atoms with Crippen molar-refractivity contribution in [3.63, 3.8) is 0 Å². The molecule has 0 aliphatic rings. The van der Waals surface area contributed by atoms with E-state index in [0.717, 1.165) is 103 Å². The van der Waals surface area contributed by atoms with Gasteiger partial charge in [-0.25, -0.2) is 0 Å². The van der Waals surface area contributed by atoms with E-state index in [2.05, 4.69) is 106 Å². The predicted molar refractivity (Wildman–Crippen MR) is 256 cm³/mol. The minimum atomic E-state index is -0.819. The first-order valence-electron chi connectivity index (χ1n) is 24.2. The van der Waals surface area contributed by atoms with Crippen molar-refractivity contribution in [2.75, 3.05) is 13.2 Å². The number of rotatable bonds is 42. The lowest BCUT2D eigenvalue weighted by Crippen LogP contribution is -2.30. The number of carbonyl (C=O) groups excluding carboxylic acids is 3. The number of unbranched alkanes of at least 4 members (excludes halogenated alkanes) is 15. The molecule has 0 aromatic carbocycles. The summed E-state index contributed by atoms with van der Waals surface area (Å²) < 4.78 is 16.6. The van der Waals surface area contributed by atoms with Gasteiger partial charge in [-0.3, -0.25) is 14.4 Å². The van der Waals surface area contributed by atoms with Gasteiger partial charge in [-0.15, -0.1) is 0 Å². The van der Waals surface area contributed by atoms with E-state index in [1.165, 1.54) is 57.8 Å². The van der Waals surface area contributed by atoms with Crippen LogP contribution in [0.4, 0.5) is 0 Å². The van der Waals surface area contributed by atoms with Crippen LogP contribution in [0.3, 0.4) is 0 Å². The third kappa shape index (κ3) is 45.4. The molecule has 0 amide bonds. The summed E-state index contributed by atoms with van der Waals surface area (Å²) in [5, 5.41) is 0. The molecule has 0 aromatic rings. The normalized spacial score (nSPS) is 12.9. The number of ether oxygens (including phenoxy) is 3. The van der Waals surface area contributed by atoms with Crippen molar-refractivity contribution < 1.29 is 28.6 Å². The topological polar surface area (TPSA) is 78.9 Å². The van der Waals surface area contributed by atoms with Crippen LogP contribution in [0, 0.1) is 0 Å². The van der Waals surface area contributed by atoms with E-state index >= 15 is 0 Å². The van der Waals surface area contributed by atoms with Crippen molar-refractivity contribution in [2.24, 2.45) is 0 Å². The molecule has 0 radical (unpaired) electrons. The number of allylic oxidation sites excluding steroid dienone is 16. The van der Waals surface area contributed by atoms with Crippen molar-refractivity contribution in [1.82, 2.24) is 0 Å². The fraction of sp³-hybridized carbons (Fsp3) is 0.648. The Morgan fingerprint density at radius 1 is 0.350 bits per heavy atom. The molecule has 0 rings (SSSR count). The van der Waals surface area contributed by atoms with Gasteiger partial charge in [-0.05, 0) is 83.5 Å². The van der Waals surface area contributed by atoms with Gasteiger partial charge < -0.3 is 14.2 Å². The number of esters is 3. The van der Waals surface area contributed by atoms with Gasteiger partial charge in [-0.1, -0.05) is 201 Å². The number of hydrogen-bond acceptors (Lipinski definition) is 6. The van der Waals surface area contributed by atoms with Crippen molar-refractivity contribution in [1.29, 1.82) is 0 Å². The minimum Gasteiger partial charge on any atom is -0.462 e. The molecule has 0 bridgehead atoms. The number of carbonyl (C=O) groups is 3. The van der Waals surface area contributed by atoms with Crippen molar-refractivity contribution in [3.8, 4) is 0 Å². The summed E-state index contributed by atoms with van der Waals surface area (Å²) >= 11 is 0. The zero-order valence-electron chi connectivity index (χ0n) is 38.7. The van der Waals surface area contributed by atoms with Gasteiger partial charge in [0.25, 0.3) is 0 Å². The average Bonchev–Trinajstić information content (AvgIpc) is 3.24. The molecular formula is C54H88O6. The largest absolute Gasteiger partial charge is 0.462 e. The third-order valence-corrected chi connectivity index (χ3v) is 9.85. The van der Waals surface area contributed by atoms with Crippen LogP contribution in [0.25, 0.3) is 0 Å². The van der Waals surface area contributed by atoms with Crippen molar-refractivity contribution in [2.45, 2.75) is 213 Å². The SMILES string of the molecule is CC/C=C\C/C=C\C/C=C\C/C=C\CCCCCCCCC(=O)OCC(COC(=O)CCCCCCCCCCCC)OC(=O)CC/C=C\C/C=C\C/C=C\C/C=C\CC. The Hall–Kier alpha value is -3.67. The molecule has 1 atom stereocenters. The van der Waals surface area contributed by atoms with Gasteiger partial charge in [0.1, 0.15) is 13.2 Å². The molecule has 6 nitrogen and oxygen atoms in total. The first kappa shape index (κ1) is 56.3. The Balaban J connectivity index is 4.45. The predicted octanol–water partition coefficient (Wildman–Crippen LogP) is 15.8. The van der Waals surface area contributed by atoms with Crippen LogP contribution in [-0.4, -0.2) is 37.2 Å². The van der Waals surface area contributed by atoms with E-state index in [4.69, 9.17) is 14.2 Å². The van der Waals surface area contributed by atoms with E-state index < -0.39 is 12.1 Å². The molecule has 0 fully saturated rings. The maximum atomic E-state index is 12.7. The second-order valence-corrected chi connectivity index (χ2v) is 15.6. The zero-order chi connectivity index (χ0) is 43.7. The summed E-state index contributed by atoms with van der Waals surface area (Å²) in [6, 6.07) is 0. The van der Waals surface area contributed by atoms with Crippen LogP contribution in [0.15, 0.2) is 97.2 Å². The van der Waals surface area contributed by atoms with Crippen LogP contribution in [0.2, 0.25) is 0 Å². The molecule has 0 heterocycles. The Morgan fingerprint density at radius 3 is 1.08 bits per heavy atom. The highest BCUT2D eigenvalue weighted by Gasteiger charge is 2.19.